The molecule has 1 aromatic rings. The zero-order valence-corrected chi connectivity index (χ0v) is 16.8. The van der Waals surface area contributed by atoms with E-state index in [2.05, 4.69) is 16.0 Å². The summed E-state index contributed by atoms with van der Waals surface area (Å²) in [5.74, 6) is -0.172. The van der Waals surface area contributed by atoms with E-state index >= 15 is 0 Å². The second kappa shape index (κ2) is 9.96. The lowest BCUT2D eigenvalue weighted by atomic mass is 10.1. The molecule has 0 aliphatic carbocycles. The Morgan fingerprint density at radius 1 is 1.11 bits per heavy atom. The molecule has 28 heavy (non-hydrogen) atoms. The summed E-state index contributed by atoms with van der Waals surface area (Å²) in [7, 11) is 0. The average molecular weight is 390 g/mol. The first-order valence-corrected chi connectivity index (χ1v) is 9.60. The Balaban J connectivity index is 1.69. The fourth-order valence-corrected chi connectivity index (χ4v) is 2.90. The zero-order chi connectivity index (χ0) is 20.6. The molecule has 1 fully saturated rings. The van der Waals surface area contributed by atoms with Crippen molar-refractivity contribution in [2.75, 3.05) is 26.2 Å². The number of benzene rings is 1. The molecule has 0 aromatic heterocycles. The number of nitrogens with one attached hydrogen (secondary N) is 3. The number of hydrogen-bond acceptors (Lipinski definition) is 4. The van der Waals surface area contributed by atoms with Gasteiger partial charge in [0.25, 0.3) is 5.91 Å². The molecule has 2 rings (SSSR count). The van der Waals surface area contributed by atoms with Crippen LogP contribution in [0.25, 0.3) is 0 Å². The van der Waals surface area contributed by atoms with Crippen molar-refractivity contribution in [3.8, 4) is 0 Å². The number of hydrogen-bond donors (Lipinski definition) is 3. The molecule has 1 aromatic carbocycles. The Labute approximate surface area is 166 Å². The highest BCUT2D eigenvalue weighted by atomic mass is 16.6. The summed E-state index contributed by atoms with van der Waals surface area (Å²) in [5.41, 5.74) is 0.0286. The van der Waals surface area contributed by atoms with E-state index in [0.29, 0.717) is 31.7 Å². The minimum absolute atomic E-state index is 0.132. The van der Waals surface area contributed by atoms with E-state index < -0.39 is 11.7 Å². The summed E-state index contributed by atoms with van der Waals surface area (Å²) >= 11 is 0. The van der Waals surface area contributed by atoms with Crippen molar-refractivity contribution in [3.05, 3.63) is 35.9 Å². The number of likely N-dealkylation sites (tertiary alicyclic amines) is 1. The summed E-state index contributed by atoms with van der Waals surface area (Å²) in [6, 6.07) is 8.58. The van der Waals surface area contributed by atoms with E-state index in [9.17, 15) is 14.4 Å². The van der Waals surface area contributed by atoms with Gasteiger partial charge in [-0.3, -0.25) is 4.79 Å². The Hall–Kier alpha value is -2.77. The smallest absolute Gasteiger partial charge is 0.407 e. The Morgan fingerprint density at radius 3 is 2.46 bits per heavy atom. The molecule has 0 spiro atoms. The minimum atomic E-state index is -0.556. The van der Waals surface area contributed by atoms with Gasteiger partial charge in [0.05, 0.1) is 0 Å². The van der Waals surface area contributed by atoms with Gasteiger partial charge in [-0.15, -0.1) is 0 Å². The molecule has 0 radical (unpaired) electrons. The number of alkyl carbamates (subject to hydrolysis) is 1. The van der Waals surface area contributed by atoms with Gasteiger partial charge in [-0.1, -0.05) is 18.2 Å². The van der Waals surface area contributed by atoms with Gasteiger partial charge in [-0.2, -0.15) is 0 Å². The maximum absolute atomic E-state index is 12.3. The van der Waals surface area contributed by atoms with Crippen LogP contribution in [-0.2, 0) is 4.74 Å². The molecule has 0 saturated carbocycles. The number of carbonyl (C=O) groups is 3. The molecule has 8 nitrogen and oxygen atoms in total. The van der Waals surface area contributed by atoms with Crippen LogP contribution in [0.4, 0.5) is 9.59 Å². The van der Waals surface area contributed by atoms with Gasteiger partial charge in [-0.05, 0) is 45.7 Å². The molecule has 0 bridgehead atoms. The van der Waals surface area contributed by atoms with Crippen molar-refractivity contribution in [1.29, 1.82) is 0 Å². The zero-order valence-electron chi connectivity index (χ0n) is 16.8. The average Bonchev–Trinajstić information content (AvgIpc) is 2.64. The van der Waals surface area contributed by atoms with E-state index in [4.69, 9.17) is 4.74 Å². The maximum atomic E-state index is 12.3. The molecule has 3 N–H and O–H groups in total. The second-order valence-electron chi connectivity index (χ2n) is 7.79. The van der Waals surface area contributed by atoms with Crippen LogP contribution in [0, 0.1) is 0 Å². The van der Waals surface area contributed by atoms with E-state index in [-0.39, 0.29) is 18.0 Å². The lowest BCUT2D eigenvalue weighted by Gasteiger charge is -2.33. The highest BCUT2D eigenvalue weighted by Gasteiger charge is 2.26. The Kier molecular flexibility index (Phi) is 7.66. The topological polar surface area (TPSA) is 99.8 Å². The SMILES string of the molecule is CC(C)(C)OC(=O)NC1CCCN(C(=O)NCCNC(=O)c2ccccc2)C1. The standard InChI is InChI=1S/C20H30N4O4/c1-20(2,3)28-19(27)23-16-10-7-13-24(14-16)18(26)22-12-11-21-17(25)15-8-5-4-6-9-15/h4-6,8-9,16H,7,10-14H2,1-3H3,(H,21,25)(H,22,26)(H,23,27). The molecule has 1 atom stereocenters. The number of amides is 4. The van der Waals surface area contributed by atoms with Crippen LogP contribution < -0.4 is 16.0 Å². The van der Waals surface area contributed by atoms with Crippen LogP contribution >= 0.6 is 0 Å². The van der Waals surface area contributed by atoms with Gasteiger partial charge >= 0.3 is 12.1 Å². The van der Waals surface area contributed by atoms with Gasteiger partial charge in [0, 0.05) is 37.8 Å². The van der Waals surface area contributed by atoms with Gasteiger partial charge < -0.3 is 25.6 Å². The number of rotatable bonds is 5. The molecule has 1 aliphatic heterocycles. The Bertz CT molecular complexity index is 673. The summed E-state index contributed by atoms with van der Waals surface area (Å²) in [4.78, 5) is 37.9. The molecular formula is C20H30N4O4. The summed E-state index contributed by atoms with van der Waals surface area (Å²) < 4.78 is 5.27. The highest BCUT2D eigenvalue weighted by Crippen LogP contribution is 2.12. The second-order valence-corrected chi connectivity index (χ2v) is 7.79. The van der Waals surface area contributed by atoms with Crippen molar-refractivity contribution < 1.29 is 19.1 Å². The largest absolute Gasteiger partial charge is 0.444 e. The molecular weight excluding hydrogens is 360 g/mol. The lowest BCUT2D eigenvalue weighted by Crippen LogP contribution is -2.53. The number of ether oxygens (including phenoxy) is 1. The van der Waals surface area contributed by atoms with E-state index in [1.807, 2.05) is 26.8 Å². The first-order valence-electron chi connectivity index (χ1n) is 9.60. The van der Waals surface area contributed by atoms with Crippen molar-refractivity contribution in [1.82, 2.24) is 20.9 Å². The van der Waals surface area contributed by atoms with E-state index in [0.717, 1.165) is 12.8 Å². The third-order valence-electron chi connectivity index (χ3n) is 4.15. The van der Waals surface area contributed by atoms with Crippen molar-refractivity contribution >= 4 is 18.0 Å². The van der Waals surface area contributed by atoms with Crippen LogP contribution in [-0.4, -0.2) is 60.8 Å². The van der Waals surface area contributed by atoms with Crippen molar-refractivity contribution in [2.24, 2.45) is 0 Å². The number of nitrogens with zero attached hydrogens (tertiary/aromatic N) is 1. The van der Waals surface area contributed by atoms with Crippen LogP contribution in [0.15, 0.2) is 30.3 Å². The van der Waals surface area contributed by atoms with Gasteiger partial charge in [-0.25, -0.2) is 9.59 Å². The third kappa shape index (κ3) is 7.46. The molecule has 4 amide bonds. The van der Waals surface area contributed by atoms with E-state index in [1.54, 1.807) is 29.2 Å². The quantitative estimate of drug-likeness (QED) is 0.671. The highest BCUT2D eigenvalue weighted by molar-refractivity contribution is 5.94. The first-order chi connectivity index (χ1) is 13.2. The van der Waals surface area contributed by atoms with E-state index in [1.165, 1.54) is 0 Å². The lowest BCUT2D eigenvalue weighted by molar-refractivity contribution is 0.0479. The number of piperidine rings is 1. The third-order valence-corrected chi connectivity index (χ3v) is 4.15. The molecule has 1 unspecified atom stereocenters. The maximum Gasteiger partial charge on any atom is 0.407 e. The fourth-order valence-electron chi connectivity index (χ4n) is 2.90. The normalized spacial score (nSPS) is 16.8. The van der Waals surface area contributed by atoms with Gasteiger partial charge in [0.1, 0.15) is 5.60 Å². The molecule has 1 saturated heterocycles. The summed E-state index contributed by atoms with van der Waals surface area (Å²) in [5, 5.41) is 8.39. The molecule has 154 valence electrons. The number of carbonyl (C=O) groups excluding carboxylic acids is 3. The molecule has 8 heteroatoms. The fraction of sp³-hybridized carbons (Fsp3) is 0.550. The Morgan fingerprint density at radius 2 is 1.79 bits per heavy atom. The molecule has 1 aliphatic rings. The van der Waals surface area contributed by atoms with Gasteiger partial charge in [0.15, 0.2) is 0 Å². The predicted octanol–water partition coefficient (Wildman–Crippen LogP) is 2.12. The monoisotopic (exact) mass is 390 g/mol. The van der Waals surface area contributed by atoms with Crippen molar-refractivity contribution in [3.63, 3.8) is 0 Å². The molecule has 1 heterocycles. The minimum Gasteiger partial charge on any atom is -0.444 e. The van der Waals surface area contributed by atoms with Crippen molar-refractivity contribution in [2.45, 2.75) is 45.3 Å². The van der Waals surface area contributed by atoms with Crippen LogP contribution in [0.3, 0.4) is 0 Å². The number of urea groups is 1. The van der Waals surface area contributed by atoms with Crippen LogP contribution in [0.1, 0.15) is 44.0 Å². The summed E-state index contributed by atoms with van der Waals surface area (Å²) in [6.07, 6.45) is 1.14. The van der Waals surface area contributed by atoms with Crippen LogP contribution in [0.2, 0.25) is 0 Å². The predicted molar refractivity (Wildman–Crippen MR) is 106 cm³/mol. The first kappa shape index (κ1) is 21.5. The van der Waals surface area contributed by atoms with Crippen LogP contribution in [0.5, 0.6) is 0 Å². The summed E-state index contributed by atoms with van der Waals surface area (Å²) in [6.45, 7) is 7.17. The van der Waals surface area contributed by atoms with Gasteiger partial charge in [0.2, 0.25) is 0 Å².